The summed E-state index contributed by atoms with van der Waals surface area (Å²) < 4.78 is 26.4. The highest BCUT2D eigenvalue weighted by Gasteiger charge is 2.15. The van der Waals surface area contributed by atoms with Crippen LogP contribution in [0, 0.1) is 5.92 Å². The van der Waals surface area contributed by atoms with Crippen LogP contribution in [0.15, 0.2) is 53.4 Å². The van der Waals surface area contributed by atoms with Crippen LogP contribution in [0.4, 0.5) is 11.4 Å². The normalized spacial score (nSPS) is 11.3. The van der Waals surface area contributed by atoms with Gasteiger partial charge < -0.3 is 10.6 Å². The molecule has 2 aromatic rings. The second-order valence-corrected chi connectivity index (χ2v) is 8.33. The van der Waals surface area contributed by atoms with Gasteiger partial charge in [0, 0.05) is 29.4 Å². The summed E-state index contributed by atoms with van der Waals surface area (Å²) in [6, 6.07) is 12.6. The predicted octanol–water partition coefficient (Wildman–Crippen LogP) is 3.61. The number of hydrogen-bond donors (Lipinski definition) is 3. The van der Waals surface area contributed by atoms with Gasteiger partial charge in [0.25, 0.3) is 5.91 Å². The van der Waals surface area contributed by atoms with Gasteiger partial charge in [0.2, 0.25) is 15.9 Å². The molecule has 0 atom stereocenters. The molecule has 3 N–H and O–H groups in total. The van der Waals surface area contributed by atoms with E-state index in [4.69, 9.17) is 0 Å². The molecule has 0 radical (unpaired) electrons. The molecular weight excluding hydrogens is 390 g/mol. The highest BCUT2D eigenvalue weighted by Crippen LogP contribution is 2.18. The fourth-order valence-corrected chi connectivity index (χ4v) is 3.88. The molecule has 0 aromatic heterocycles. The zero-order valence-electron chi connectivity index (χ0n) is 16.9. The molecule has 2 amide bonds. The molecule has 29 heavy (non-hydrogen) atoms. The number of carbonyl (C=O) groups excluding carboxylic acids is 2. The van der Waals surface area contributed by atoms with Gasteiger partial charge in [-0.3, -0.25) is 9.59 Å². The Balaban J connectivity index is 2.08. The number of carbonyl (C=O) groups is 2. The largest absolute Gasteiger partial charge is 0.326 e. The molecule has 0 aliphatic carbocycles. The van der Waals surface area contributed by atoms with Crippen LogP contribution in [0.25, 0.3) is 0 Å². The predicted molar refractivity (Wildman–Crippen MR) is 114 cm³/mol. The number of anilines is 2. The Morgan fingerprint density at radius 3 is 2.14 bits per heavy atom. The molecule has 2 rings (SSSR count). The zero-order valence-corrected chi connectivity index (χ0v) is 17.7. The van der Waals surface area contributed by atoms with E-state index in [1.807, 2.05) is 13.8 Å². The molecule has 0 spiro atoms. The van der Waals surface area contributed by atoms with E-state index in [9.17, 15) is 18.0 Å². The summed E-state index contributed by atoms with van der Waals surface area (Å²) in [5.74, 6) is -0.486. The monoisotopic (exact) mass is 417 g/mol. The van der Waals surface area contributed by atoms with Crippen molar-refractivity contribution < 1.29 is 18.0 Å². The summed E-state index contributed by atoms with van der Waals surface area (Å²) in [5.41, 5.74) is 1.41. The minimum absolute atomic E-state index is 0.0648. The number of amides is 2. The first-order valence-electron chi connectivity index (χ1n) is 9.62. The maximum Gasteiger partial charge on any atom is 0.255 e. The van der Waals surface area contributed by atoms with Crippen LogP contribution < -0.4 is 15.4 Å². The van der Waals surface area contributed by atoms with Gasteiger partial charge in [-0.05, 0) is 55.3 Å². The van der Waals surface area contributed by atoms with Crippen molar-refractivity contribution >= 4 is 33.2 Å². The van der Waals surface area contributed by atoms with Crippen molar-refractivity contribution in [3.05, 3.63) is 54.1 Å². The smallest absolute Gasteiger partial charge is 0.255 e. The minimum atomic E-state index is -3.54. The van der Waals surface area contributed by atoms with Crippen molar-refractivity contribution in [1.29, 1.82) is 0 Å². The third-order valence-electron chi connectivity index (χ3n) is 4.51. The standard InChI is InChI=1S/C21H27N3O4S/c1-4-15(5-2)20(25)24-18-9-7-8-16(14-18)21(26)23-17-10-12-19(13-11-17)29(27,28)22-6-3/h7-15,22H,4-6H2,1-3H3,(H,23,26)(H,24,25). The number of nitrogens with one attached hydrogen (secondary N) is 3. The lowest BCUT2D eigenvalue weighted by atomic mass is 10.0. The molecule has 0 saturated carbocycles. The fraction of sp³-hybridized carbons (Fsp3) is 0.333. The number of hydrogen-bond acceptors (Lipinski definition) is 4. The Hall–Kier alpha value is -2.71. The lowest BCUT2D eigenvalue weighted by molar-refractivity contribution is -0.120. The zero-order chi connectivity index (χ0) is 21.4. The van der Waals surface area contributed by atoms with E-state index in [2.05, 4.69) is 15.4 Å². The van der Waals surface area contributed by atoms with E-state index in [-0.39, 0.29) is 22.6 Å². The second-order valence-electron chi connectivity index (χ2n) is 6.56. The van der Waals surface area contributed by atoms with Gasteiger partial charge >= 0.3 is 0 Å². The van der Waals surface area contributed by atoms with Crippen LogP contribution in [0.5, 0.6) is 0 Å². The third kappa shape index (κ3) is 6.13. The average Bonchev–Trinajstić information content (AvgIpc) is 2.69. The van der Waals surface area contributed by atoms with Crippen molar-refractivity contribution in [2.45, 2.75) is 38.5 Å². The molecule has 0 heterocycles. The summed E-state index contributed by atoms with van der Waals surface area (Å²) in [5, 5.41) is 5.57. The van der Waals surface area contributed by atoms with E-state index in [1.165, 1.54) is 24.3 Å². The van der Waals surface area contributed by atoms with E-state index < -0.39 is 10.0 Å². The highest BCUT2D eigenvalue weighted by atomic mass is 32.2. The molecule has 0 saturated heterocycles. The summed E-state index contributed by atoms with van der Waals surface area (Å²) >= 11 is 0. The van der Waals surface area contributed by atoms with Gasteiger partial charge in [-0.2, -0.15) is 0 Å². The first-order valence-corrected chi connectivity index (χ1v) is 11.1. The van der Waals surface area contributed by atoms with E-state index in [1.54, 1.807) is 31.2 Å². The Kier molecular flexibility index (Phi) is 7.92. The summed E-state index contributed by atoms with van der Waals surface area (Å²) in [4.78, 5) is 24.9. The van der Waals surface area contributed by atoms with Crippen molar-refractivity contribution in [3.8, 4) is 0 Å². The molecule has 8 heteroatoms. The molecule has 0 aliphatic rings. The van der Waals surface area contributed by atoms with Crippen LogP contribution in [0.3, 0.4) is 0 Å². The van der Waals surface area contributed by atoms with Gasteiger partial charge in [0.05, 0.1) is 4.90 Å². The lowest BCUT2D eigenvalue weighted by Crippen LogP contribution is -2.23. The maximum absolute atomic E-state index is 12.5. The molecule has 0 fully saturated rings. The third-order valence-corrected chi connectivity index (χ3v) is 6.07. The molecular formula is C21H27N3O4S. The SMILES string of the molecule is CCNS(=O)(=O)c1ccc(NC(=O)c2cccc(NC(=O)C(CC)CC)c2)cc1. The van der Waals surface area contributed by atoms with Crippen LogP contribution >= 0.6 is 0 Å². The number of sulfonamides is 1. The van der Waals surface area contributed by atoms with Crippen LogP contribution in [0.2, 0.25) is 0 Å². The minimum Gasteiger partial charge on any atom is -0.326 e. The molecule has 156 valence electrons. The average molecular weight is 418 g/mol. The van der Waals surface area contributed by atoms with E-state index in [0.717, 1.165) is 12.8 Å². The van der Waals surface area contributed by atoms with Gasteiger partial charge in [-0.15, -0.1) is 0 Å². The van der Waals surface area contributed by atoms with Gasteiger partial charge in [-0.1, -0.05) is 26.8 Å². The molecule has 0 unspecified atom stereocenters. The summed E-state index contributed by atoms with van der Waals surface area (Å²) in [6.07, 6.45) is 1.50. The summed E-state index contributed by atoms with van der Waals surface area (Å²) in [7, 11) is -3.54. The van der Waals surface area contributed by atoms with E-state index >= 15 is 0 Å². The first kappa shape index (κ1) is 22.6. The Morgan fingerprint density at radius 2 is 1.55 bits per heavy atom. The molecule has 0 bridgehead atoms. The molecule has 2 aromatic carbocycles. The topological polar surface area (TPSA) is 104 Å². The Morgan fingerprint density at radius 1 is 0.897 bits per heavy atom. The van der Waals surface area contributed by atoms with Gasteiger partial charge in [0.15, 0.2) is 0 Å². The highest BCUT2D eigenvalue weighted by molar-refractivity contribution is 7.89. The van der Waals surface area contributed by atoms with Crippen LogP contribution in [0.1, 0.15) is 44.0 Å². The number of benzene rings is 2. The van der Waals surface area contributed by atoms with E-state index in [0.29, 0.717) is 23.5 Å². The summed E-state index contributed by atoms with van der Waals surface area (Å²) in [6.45, 7) is 5.93. The van der Waals surface area contributed by atoms with Crippen molar-refractivity contribution in [1.82, 2.24) is 4.72 Å². The van der Waals surface area contributed by atoms with Gasteiger partial charge in [-0.25, -0.2) is 13.1 Å². The first-order chi connectivity index (χ1) is 13.8. The quantitative estimate of drug-likeness (QED) is 0.580. The Labute approximate surface area is 172 Å². The maximum atomic E-state index is 12.5. The molecule has 7 nitrogen and oxygen atoms in total. The van der Waals surface area contributed by atoms with Crippen molar-refractivity contribution in [2.24, 2.45) is 5.92 Å². The number of rotatable bonds is 9. The van der Waals surface area contributed by atoms with Crippen LogP contribution in [-0.2, 0) is 14.8 Å². The Bertz CT molecular complexity index is 952. The van der Waals surface area contributed by atoms with Gasteiger partial charge in [0.1, 0.15) is 0 Å². The van der Waals surface area contributed by atoms with Crippen LogP contribution in [-0.4, -0.2) is 26.8 Å². The van der Waals surface area contributed by atoms with Crippen molar-refractivity contribution in [2.75, 3.05) is 17.2 Å². The lowest BCUT2D eigenvalue weighted by Gasteiger charge is -2.13. The van der Waals surface area contributed by atoms with Crippen molar-refractivity contribution in [3.63, 3.8) is 0 Å². The second kappa shape index (κ2) is 10.2. The molecule has 0 aliphatic heterocycles. The fourth-order valence-electron chi connectivity index (χ4n) is 2.84.